The smallest absolute Gasteiger partial charge is 0.407 e. The maximum absolute atomic E-state index is 12.3. The topological polar surface area (TPSA) is 105 Å². The maximum Gasteiger partial charge on any atom is 0.407 e. The van der Waals surface area contributed by atoms with Crippen LogP contribution in [0.2, 0.25) is 0 Å². The van der Waals surface area contributed by atoms with Crippen molar-refractivity contribution in [3.8, 4) is 11.1 Å². The van der Waals surface area contributed by atoms with Crippen molar-refractivity contribution in [3.05, 3.63) is 72.3 Å². The van der Waals surface area contributed by atoms with E-state index in [0.717, 1.165) is 11.1 Å². The van der Waals surface area contributed by atoms with Gasteiger partial charge in [0.2, 0.25) is 5.91 Å². The van der Waals surface area contributed by atoms with Gasteiger partial charge in [-0.2, -0.15) is 0 Å². The Hall–Kier alpha value is -3.61. The van der Waals surface area contributed by atoms with Crippen molar-refractivity contribution in [3.63, 3.8) is 0 Å². The number of aliphatic carboxylic acids is 1. The van der Waals surface area contributed by atoms with Gasteiger partial charge in [0, 0.05) is 18.4 Å². The van der Waals surface area contributed by atoms with E-state index in [1.807, 2.05) is 24.3 Å². The second-order valence-electron chi connectivity index (χ2n) is 8.57. The number of allylic oxidation sites excluding steroid dienone is 1. The van der Waals surface area contributed by atoms with Gasteiger partial charge in [0.1, 0.15) is 12.6 Å². The molecule has 0 heterocycles. The summed E-state index contributed by atoms with van der Waals surface area (Å²) in [4.78, 5) is 35.9. The van der Waals surface area contributed by atoms with E-state index in [2.05, 4.69) is 41.5 Å². The fourth-order valence-electron chi connectivity index (χ4n) is 4.48. The van der Waals surface area contributed by atoms with Gasteiger partial charge in [-0.3, -0.25) is 4.79 Å². The van der Waals surface area contributed by atoms with Crippen LogP contribution >= 0.6 is 0 Å². The number of amides is 2. The van der Waals surface area contributed by atoms with E-state index in [4.69, 9.17) is 4.74 Å². The summed E-state index contributed by atoms with van der Waals surface area (Å²) in [6.07, 6.45) is 2.54. The number of carbonyl (C=O) groups excluding carboxylic acids is 2. The Kier molecular flexibility index (Phi) is 6.77. The third-order valence-corrected chi connectivity index (χ3v) is 6.39. The number of hydrogen-bond acceptors (Lipinski definition) is 4. The van der Waals surface area contributed by atoms with Gasteiger partial charge < -0.3 is 20.5 Å². The first-order chi connectivity index (χ1) is 16.0. The summed E-state index contributed by atoms with van der Waals surface area (Å²) in [6, 6.07) is 15.4. The van der Waals surface area contributed by atoms with Gasteiger partial charge >= 0.3 is 12.1 Å². The average Bonchev–Trinajstić information content (AvgIpc) is 3.54. The lowest BCUT2D eigenvalue weighted by Gasteiger charge is -2.15. The van der Waals surface area contributed by atoms with E-state index >= 15 is 0 Å². The normalized spacial score (nSPS) is 19.0. The molecule has 0 saturated heterocycles. The van der Waals surface area contributed by atoms with Gasteiger partial charge in [0.15, 0.2) is 0 Å². The lowest BCUT2D eigenvalue weighted by atomic mass is 9.98. The van der Waals surface area contributed by atoms with Crippen LogP contribution in [0.5, 0.6) is 0 Å². The molecule has 2 aromatic rings. The van der Waals surface area contributed by atoms with Gasteiger partial charge in [-0.15, -0.1) is 6.58 Å². The molecule has 33 heavy (non-hydrogen) atoms. The molecular weight excluding hydrogens is 420 g/mol. The zero-order chi connectivity index (χ0) is 23.4. The number of carboxylic acid groups (broad SMARTS) is 1. The van der Waals surface area contributed by atoms with E-state index in [-0.39, 0.29) is 30.3 Å². The van der Waals surface area contributed by atoms with E-state index in [1.165, 1.54) is 11.1 Å². The first-order valence-corrected chi connectivity index (χ1v) is 11.2. The number of carbonyl (C=O) groups is 3. The first kappa shape index (κ1) is 22.6. The molecule has 1 saturated carbocycles. The minimum Gasteiger partial charge on any atom is -0.480 e. The lowest BCUT2D eigenvalue weighted by Crippen LogP contribution is -2.42. The molecule has 0 bridgehead atoms. The van der Waals surface area contributed by atoms with Crippen molar-refractivity contribution in [2.24, 2.45) is 11.8 Å². The highest BCUT2D eigenvalue weighted by atomic mass is 16.5. The van der Waals surface area contributed by atoms with Crippen LogP contribution in [0.4, 0.5) is 4.79 Å². The number of benzene rings is 2. The van der Waals surface area contributed by atoms with Crippen LogP contribution in [0.3, 0.4) is 0 Å². The molecule has 3 atom stereocenters. The van der Waals surface area contributed by atoms with Gasteiger partial charge in [-0.1, -0.05) is 54.6 Å². The average molecular weight is 449 g/mol. The van der Waals surface area contributed by atoms with Crippen molar-refractivity contribution in [1.29, 1.82) is 0 Å². The van der Waals surface area contributed by atoms with Crippen LogP contribution in [-0.4, -0.2) is 42.3 Å². The molecule has 0 aliphatic heterocycles. The Labute approximate surface area is 192 Å². The van der Waals surface area contributed by atoms with Crippen LogP contribution in [-0.2, 0) is 14.3 Å². The Balaban J connectivity index is 1.24. The summed E-state index contributed by atoms with van der Waals surface area (Å²) in [7, 11) is 0. The second kappa shape index (κ2) is 9.90. The van der Waals surface area contributed by atoms with Crippen molar-refractivity contribution in [1.82, 2.24) is 10.6 Å². The zero-order valence-corrected chi connectivity index (χ0v) is 18.3. The van der Waals surface area contributed by atoms with Gasteiger partial charge in [-0.05, 0) is 47.4 Å². The van der Waals surface area contributed by atoms with Crippen LogP contribution in [0.1, 0.15) is 36.3 Å². The minimum atomic E-state index is -1.06. The maximum atomic E-state index is 12.3. The monoisotopic (exact) mass is 448 g/mol. The quantitative estimate of drug-likeness (QED) is 0.481. The predicted molar refractivity (Wildman–Crippen MR) is 124 cm³/mol. The van der Waals surface area contributed by atoms with Crippen molar-refractivity contribution >= 4 is 18.0 Å². The number of alkyl carbamates (subject to hydrolysis) is 1. The van der Waals surface area contributed by atoms with E-state index in [1.54, 1.807) is 6.08 Å². The van der Waals surface area contributed by atoms with Crippen molar-refractivity contribution in [2.75, 3.05) is 13.2 Å². The fourth-order valence-corrected chi connectivity index (χ4v) is 4.48. The largest absolute Gasteiger partial charge is 0.480 e. The van der Waals surface area contributed by atoms with E-state index in [0.29, 0.717) is 25.8 Å². The Morgan fingerprint density at radius 3 is 2.33 bits per heavy atom. The molecule has 2 aliphatic carbocycles. The van der Waals surface area contributed by atoms with Crippen LogP contribution in [0, 0.1) is 11.8 Å². The second-order valence-corrected chi connectivity index (χ2v) is 8.57. The van der Waals surface area contributed by atoms with Crippen LogP contribution < -0.4 is 10.6 Å². The van der Waals surface area contributed by atoms with Crippen molar-refractivity contribution < 1.29 is 24.2 Å². The summed E-state index contributed by atoms with van der Waals surface area (Å²) in [5, 5.41) is 14.6. The fraction of sp³-hybridized carbons (Fsp3) is 0.346. The Morgan fingerprint density at radius 2 is 1.73 bits per heavy atom. The summed E-state index contributed by atoms with van der Waals surface area (Å²) in [6.45, 7) is 4.13. The molecular formula is C26H28N2O5. The molecule has 0 radical (unpaired) electrons. The third-order valence-electron chi connectivity index (χ3n) is 6.39. The first-order valence-electron chi connectivity index (χ1n) is 11.2. The number of fused-ring (bicyclic) bond motifs is 3. The standard InChI is InChI=1S/C26H28N2O5/c1-2-3-12-23(25(30)31)28-24(29)21-13-16(21)14-27-26(32)33-15-22-19-10-6-4-8-17(19)18-9-5-7-11-20(18)22/h2,4-11,16,21-23H,1,3,12-15H2,(H,27,32)(H,28,29)(H,30,31)/t16-,21-,23?/m1/s1. The highest BCUT2D eigenvalue weighted by Gasteiger charge is 2.44. The summed E-state index contributed by atoms with van der Waals surface area (Å²) < 4.78 is 5.52. The molecule has 7 heteroatoms. The number of nitrogens with one attached hydrogen (secondary N) is 2. The molecule has 0 aromatic heterocycles. The van der Waals surface area contributed by atoms with Crippen molar-refractivity contribution in [2.45, 2.75) is 31.2 Å². The molecule has 2 aromatic carbocycles. The van der Waals surface area contributed by atoms with Gasteiger partial charge in [0.05, 0.1) is 0 Å². The Morgan fingerprint density at radius 1 is 1.09 bits per heavy atom. The number of carboxylic acids is 1. The van der Waals surface area contributed by atoms with Gasteiger partial charge in [-0.25, -0.2) is 9.59 Å². The summed E-state index contributed by atoms with van der Waals surface area (Å²) >= 11 is 0. The van der Waals surface area contributed by atoms with Gasteiger partial charge in [0.25, 0.3) is 0 Å². The molecule has 0 spiro atoms. The molecule has 1 unspecified atom stereocenters. The molecule has 7 nitrogen and oxygen atoms in total. The van der Waals surface area contributed by atoms with E-state index in [9.17, 15) is 19.5 Å². The molecule has 2 amide bonds. The highest BCUT2D eigenvalue weighted by Crippen LogP contribution is 2.44. The Bertz CT molecular complexity index is 1020. The molecule has 4 rings (SSSR count). The lowest BCUT2D eigenvalue weighted by molar-refractivity contribution is -0.142. The number of rotatable bonds is 10. The SMILES string of the molecule is C=CCCC(NC(=O)[C@@H]1C[C@@H]1CNC(=O)OCC1c2ccccc2-c2ccccc21)C(=O)O. The zero-order valence-electron chi connectivity index (χ0n) is 18.3. The molecule has 1 fully saturated rings. The predicted octanol–water partition coefficient (Wildman–Crippen LogP) is 3.70. The third kappa shape index (κ3) is 5.08. The summed E-state index contributed by atoms with van der Waals surface area (Å²) in [5.74, 6) is -1.65. The van der Waals surface area contributed by atoms with Crippen LogP contribution in [0.25, 0.3) is 11.1 Å². The van der Waals surface area contributed by atoms with E-state index < -0.39 is 18.1 Å². The molecule has 3 N–H and O–H groups in total. The summed E-state index contributed by atoms with van der Waals surface area (Å²) in [5.41, 5.74) is 4.63. The molecule has 2 aliphatic rings. The number of hydrogen-bond donors (Lipinski definition) is 3. The number of ether oxygens (including phenoxy) is 1. The highest BCUT2D eigenvalue weighted by molar-refractivity contribution is 5.86. The molecule has 172 valence electrons. The minimum absolute atomic E-state index is 0.00822. The van der Waals surface area contributed by atoms with Crippen LogP contribution in [0.15, 0.2) is 61.2 Å².